The lowest BCUT2D eigenvalue weighted by molar-refractivity contribution is -0.129. The Hall–Kier alpha value is -3.49. The second-order valence-electron chi connectivity index (χ2n) is 7.79. The van der Waals surface area contributed by atoms with Crippen molar-refractivity contribution in [3.05, 3.63) is 70.1 Å². The van der Waals surface area contributed by atoms with Crippen molar-refractivity contribution < 1.29 is 33.7 Å². The number of aromatic hydroxyl groups is 1. The van der Waals surface area contributed by atoms with Crippen molar-refractivity contribution in [2.75, 3.05) is 26.9 Å². The average molecular weight is 486 g/mol. The number of halogens is 1. The van der Waals surface area contributed by atoms with Crippen molar-refractivity contribution in [1.29, 1.82) is 0 Å². The Morgan fingerprint density at radius 1 is 1.18 bits per heavy atom. The number of amides is 1. The van der Waals surface area contributed by atoms with Crippen molar-refractivity contribution in [1.82, 2.24) is 4.90 Å². The van der Waals surface area contributed by atoms with Crippen LogP contribution < -0.4 is 4.74 Å². The number of furan rings is 1. The van der Waals surface area contributed by atoms with E-state index in [4.69, 9.17) is 25.5 Å². The molecule has 2 N–H and O–H groups in total. The third-order valence-corrected chi connectivity index (χ3v) is 5.83. The number of carbonyl (C=O) groups is 2. The summed E-state index contributed by atoms with van der Waals surface area (Å²) >= 11 is 6.04. The van der Waals surface area contributed by atoms with Crippen LogP contribution in [0.25, 0.3) is 11.0 Å². The van der Waals surface area contributed by atoms with E-state index < -0.39 is 23.5 Å². The van der Waals surface area contributed by atoms with Crippen LogP contribution in [0.4, 0.5) is 0 Å². The number of aliphatic hydroxyl groups is 1. The van der Waals surface area contributed by atoms with E-state index in [1.165, 1.54) is 17.0 Å². The fourth-order valence-corrected chi connectivity index (χ4v) is 4.25. The molecule has 0 saturated heterocycles. The Bertz CT molecular complexity index is 1280. The van der Waals surface area contributed by atoms with E-state index >= 15 is 0 Å². The minimum absolute atomic E-state index is 0.0285. The second-order valence-corrected chi connectivity index (χ2v) is 8.23. The van der Waals surface area contributed by atoms with E-state index in [1.54, 1.807) is 44.4 Å². The molecule has 9 heteroatoms. The third-order valence-electron chi connectivity index (χ3n) is 5.60. The minimum atomic E-state index is -0.909. The van der Waals surface area contributed by atoms with Gasteiger partial charge in [0.05, 0.1) is 18.2 Å². The molecule has 34 heavy (non-hydrogen) atoms. The molecule has 0 spiro atoms. The molecule has 2 heterocycles. The number of phenols is 1. The van der Waals surface area contributed by atoms with E-state index in [1.807, 2.05) is 0 Å². The highest BCUT2D eigenvalue weighted by atomic mass is 35.5. The number of carbonyl (C=O) groups excluding carboxylic acids is 2. The highest BCUT2D eigenvalue weighted by Gasteiger charge is 2.44. The van der Waals surface area contributed by atoms with Crippen molar-refractivity contribution in [2.45, 2.75) is 19.4 Å². The highest BCUT2D eigenvalue weighted by molar-refractivity contribution is 6.31. The molecule has 178 valence electrons. The molecule has 0 aliphatic carbocycles. The number of fused-ring (bicyclic) bond motifs is 1. The van der Waals surface area contributed by atoms with E-state index in [0.717, 1.165) is 0 Å². The number of nitrogens with zero attached hydrogens (tertiary/aromatic N) is 1. The van der Waals surface area contributed by atoms with E-state index in [9.17, 15) is 19.8 Å². The van der Waals surface area contributed by atoms with Crippen molar-refractivity contribution >= 4 is 34.3 Å². The van der Waals surface area contributed by atoms with Crippen molar-refractivity contribution in [3.8, 4) is 11.5 Å². The first-order valence-corrected chi connectivity index (χ1v) is 11.2. The lowest BCUT2D eigenvalue weighted by Gasteiger charge is -2.27. The zero-order valence-corrected chi connectivity index (χ0v) is 19.5. The molecule has 0 bridgehead atoms. The normalized spacial score (nSPS) is 16.0. The Labute approximate surface area is 200 Å². The number of methoxy groups -OCH3 is 1. The smallest absolute Gasteiger partial charge is 0.290 e. The molecule has 0 radical (unpaired) electrons. The standard InChI is InChI=1S/C25H24ClNO7/c1-3-33-19-12-14(5-7-17(19)28)22-21(24(30)25(31)27(22)9-4-10-32-2)23(29)20-13-15-11-16(26)6-8-18(15)34-20/h5-8,11-13,22,28,30H,3-4,9-10H2,1-2H3. The molecular weight excluding hydrogens is 462 g/mol. The Morgan fingerprint density at radius 2 is 1.97 bits per heavy atom. The van der Waals surface area contributed by atoms with Crippen LogP contribution in [0.15, 0.2) is 58.2 Å². The summed E-state index contributed by atoms with van der Waals surface area (Å²) in [5.41, 5.74) is 0.841. The number of rotatable bonds is 9. The first-order valence-electron chi connectivity index (χ1n) is 10.8. The van der Waals surface area contributed by atoms with Crippen LogP contribution in [0.5, 0.6) is 11.5 Å². The molecular formula is C25H24ClNO7. The van der Waals surface area contributed by atoms with Gasteiger partial charge in [-0.3, -0.25) is 9.59 Å². The average Bonchev–Trinajstić information content (AvgIpc) is 3.34. The van der Waals surface area contributed by atoms with Crippen LogP contribution >= 0.6 is 11.6 Å². The van der Waals surface area contributed by atoms with E-state index in [0.29, 0.717) is 41.2 Å². The summed E-state index contributed by atoms with van der Waals surface area (Å²) < 4.78 is 16.3. The van der Waals surface area contributed by atoms with Crippen molar-refractivity contribution in [3.63, 3.8) is 0 Å². The van der Waals surface area contributed by atoms with Crippen LogP contribution in [0, 0.1) is 0 Å². The van der Waals surface area contributed by atoms with Gasteiger partial charge in [0, 0.05) is 30.7 Å². The molecule has 1 unspecified atom stereocenters. The summed E-state index contributed by atoms with van der Waals surface area (Å²) in [6.07, 6.45) is 0.493. The second kappa shape index (κ2) is 9.79. The SMILES string of the molecule is CCOc1cc(C2C(C(=O)c3cc4cc(Cl)ccc4o3)=C(O)C(=O)N2CCCOC)ccc1O. The van der Waals surface area contributed by atoms with Gasteiger partial charge in [-0.05, 0) is 55.3 Å². The number of Topliss-reactive ketones (excluding diaryl/α,β-unsaturated/α-hetero) is 1. The van der Waals surface area contributed by atoms with Gasteiger partial charge in [0.1, 0.15) is 5.58 Å². The number of benzene rings is 2. The molecule has 4 rings (SSSR count). The van der Waals surface area contributed by atoms with Gasteiger partial charge in [0.15, 0.2) is 23.0 Å². The predicted molar refractivity (Wildman–Crippen MR) is 125 cm³/mol. The predicted octanol–water partition coefficient (Wildman–Crippen LogP) is 4.81. The van der Waals surface area contributed by atoms with Gasteiger partial charge in [-0.15, -0.1) is 0 Å². The maximum Gasteiger partial charge on any atom is 0.290 e. The van der Waals surface area contributed by atoms with Crippen LogP contribution in [-0.2, 0) is 9.53 Å². The van der Waals surface area contributed by atoms with Gasteiger partial charge in [-0.2, -0.15) is 0 Å². The lowest BCUT2D eigenvalue weighted by Crippen LogP contribution is -2.32. The monoisotopic (exact) mass is 485 g/mol. The molecule has 3 aromatic rings. The number of ketones is 1. The summed E-state index contributed by atoms with van der Waals surface area (Å²) in [6, 6.07) is 10.1. The first-order chi connectivity index (χ1) is 16.3. The molecule has 1 atom stereocenters. The fraction of sp³-hybridized carbons (Fsp3) is 0.280. The van der Waals surface area contributed by atoms with Crippen LogP contribution in [-0.4, -0.2) is 53.7 Å². The topological polar surface area (TPSA) is 109 Å². The molecule has 1 aromatic heterocycles. The lowest BCUT2D eigenvalue weighted by atomic mass is 9.94. The maximum atomic E-state index is 13.6. The zero-order valence-electron chi connectivity index (χ0n) is 18.7. The number of phenolic OH excluding ortho intramolecular Hbond substituents is 1. The van der Waals surface area contributed by atoms with Gasteiger partial charge in [-0.25, -0.2) is 0 Å². The van der Waals surface area contributed by atoms with Gasteiger partial charge in [0.25, 0.3) is 5.91 Å². The van der Waals surface area contributed by atoms with Gasteiger partial charge in [0.2, 0.25) is 5.78 Å². The number of ether oxygens (including phenoxy) is 2. The summed E-state index contributed by atoms with van der Waals surface area (Å²) in [5.74, 6) is -1.83. The Morgan fingerprint density at radius 3 is 2.71 bits per heavy atom. The molecule has 0 saturated carbocycles. The summed E-state index contributed by atoms with van der Waals surface area (Å²) in [4.78, 5) is 28.0. The molecule has 1 aliphatic heterocycles. The zero-order chi connectivity index (χ0) is 24.4. The number of aliphatic hydroxyl groups excluding tert-OH is 1. The molecule has 0 fully saturated rings. The summed E-state index contributed by atoms with van der Waals surface area (Å²) in [6.45, 7) is 2.72. The van der Waals surface area contributed by atoms with Crippen molar-refractivity contribution in [2.24, 2.45) is 0 Å². The van der Waals surface area contributed by atoms with Crippen LogP contribution in [0.3, 0.4) is 0 Å². The minimum Gasteiger partial charge on any atom is -0.504 e. The van der Waals surface area contributed by atoms with Crippen LogP contribution in [0.1, 0.15) is 35.5 Å². The number of hydrogen-bond acceptors (Lipinski definition) is 7. The summed E-state index contributed by atoms with van der Waals surface area (Å²) in [5, 5.41) is 22.0. The largest absolute Gasteiger partial charge is 0.504 e. The van der Waals surface area contributed by atoms with Crippen LogP contribution in [0.2, 0.25) is 5.02 Å². The van der Waals surface area contributed by atoms with Gasteiger partial charge in [-0.1, -0.05) is 17.7 Å². The highest BCUT2D eigenvalue weighted by Crippen LogP contribution is 2.42. The Balaban J connectivity index is 1.79. The van der Waals surface area contributed by atoms with E-state index in [2.05, 4.69) is 0 Å². The molecule has 1 amide bonds. The fourth-order valence-electron chi connectivity index (χ4n) is 4.07. The van der Waals surface area contributed by atoms with Gasteiger partial charge >= 0.3 is 0 Å². The number of hydrogen-bond donors (Lipinski definition) is 2. The molecule has 8 nitrogen and oxygen atoms in total. The first kappa shape index (κ1) is 23.7. The third kappa shape index (κ3) is 4.34. The quantitative estimate of drug-likeness (QED) is 0.330. The van der Waals surface area contributed by atoms with Gasteiger partial charge < -0.3 is 29.0 Å². The maximum absolute atomic E-state index is 13.6. The van der Waals surface area contributed by atoms with E-state index in [-0.39, 0.29) is 29.4 Å². The molecule has 1 aliphatic rings. The summed E-state index contributed by atoms with van der Waals surface area (Å²) in [7, 11) is 1.55. The Kier molecular flexibility index (Phi) is 6.81. The molecule has 2 aromatic carbocycles.